The molecule has 0 aliphatic rings. The van der Waals surface area contributed by atoms with Crippen molar-refractivity contribution in [1.82, 2.24) is 14.5 Å². The molecule has 4 aromatic rings. The molecule has 0 saturated carbocycles. The zero-order valence-electron chi connectivity index (χ0n) is 18.8. The minimum Gasteiger partial charge on any atom is -0.465 e. The topological polar surface area (TPSA) is 97.9 Å². The average Bonchev–Trinajstić information content (AvgIpc) is 3.43. The van der Waals surface area contributed by atoms with Crippen LogP contribution in [0.2, 0.25) is 0 Å². The quantitative estimate of drug-likeness (QED) is 0.299. The van der Waals surface area contributed by atoms with E-state index < -0.39 is 5.92 Å². The maximum atomic E-state index is 12.3. The number of thiophene rings is 1. The number of rotatable bonds is 7. The van der Waals surface area contributed by atoms with Gasteiger partial charge in [-0.1, -0.05) is 6.07 Å². The Kier molecular flexibility index (Phi) is 6.20. The number of methoxy groups -OCH3 is 1. The smallest absolute Gasteiger partial charge is 0.348 e. The van der Waals surface area contributed by atoms with E-state index in [-0.39, 0.29) is 23.5 Å². The number of carbonyl (C=O) groups is 2. The highest BCUT2D eigenvalue weighted by atomic mass is 32.1. The van der Waals surface area contributed by atoms with Crippen LogP contribution < -0.4 is 0 Å². The molecule has 0 fully saturated rings. The molecule has 4 aromatic heterocycles. The average molecular weight is 461 g/mol. The summed E-state index contributed by atoms with van der Waals surface area (Å²) in [6.45, 7) is 5.18. The van der Waals surface area contributed by atoms with Crippen molar-refractivity contribution in [2.75, 3.05) is 7.11 Å². The number of esters is 1. The van der Waals surface area contributed by atoms with Gasteiger partial charge < -0.3 is 14.7 Å². The summed E-state index contributed by atoms with van der Waals surface area (Å²) in [5.74, 6) is -1.11. The lowest BCUT2D eigenvalue weighted by atomic mass is 9.92. The number of hydrogen-bond acceptors (Lipinski definition) is 7. The number of ketones is 1. The standard InChI is InChI=1S/C25H24N4O3S/c1-14(26)23(16(3)30)17-11-20-24(28-12-17)18(21-8-9-22(33-21)25(31)32-4)13-29(20)15(2)19-7-5-6-10-27-19/h5-13,15,23,26H,1-4H3/t15-,23?/m0/s1. The van der Waals surface area contributed by atoms with Gasteiger partial charge in [0.25, 0.3) is 0 Å². The maximum Gasteiger partial charge on any atom is 0.348 e. The van der Waals surface area contributed by atoms with Crippen molar-refractivity contribution in [1.29, 1.82) is 5.41 Å². The third-order valence-electron chi connectivity index (χ3n) is 5.65. The predicted octanol–water partition coefficient (Wildman–Crippen LogP) is 5.27. The molecule has 0 aromatic carbocycles. The van der Waals surface area contributed by atoms with Crippen molar-refractivity contribution in [3.8, 4) is 10.4 Å². The third-order valence-corrected chi connectivity index (χ3v) is 6.75. The minimum atomic E-state index is -0.633. The molecule has 1 N–H and O–H groups in total. The van der Waals surface area contributed by atoms with E-state index >= 15 is 0 Å². The monoisotopic (exact) mass is 460 g/mol. The molecule has 0 aliphatic heterocycles. The number of aromatic nitrogens is 3. The predicted molar refractivity (Wildman–Crippen MR) is 129 cm³/mol. The molecular weight excluding hydrogens is 436 g/mol. The van der Waals surface area contributed by atoms with Gasteiger partial charge in [0.1, 0.15) is 10.7 Å². The number of nitrogens with one attached hydrogen (secondary N) is 1. The van der Waals surface area contributed by atoms with Crippen LogP contribution in [0.25, 0.3) is 21.5 Å². The zero-order chi connectivity index (χ0) is 23.7. The normalized spacial score (nSPS) is 13.0. The molecule has 0 amide bonds. The molecule has 168 valence electrons. The van der Waals surface area contributed by atoms with Crippen molar-refractivity contribution in [2.24, 2.45) is 0 Å². The van der Waals surface area contributed by atoms with Gasteiger partial charge in [-0.05, 0) is 56.7 Å². The Morgan fingerprint density at radius 2 is 1.94 bits per heavy atom. The minimum absolute atomic E-state index is 0.0965. The second-order valence-electron chi connectivity index (χ2n) is 7.90. The summed E-state index contributed by atoms with van der Waals surface area (Å²) in [6, 6.07) is 11.3. The van der Waals surface area contributed by atoms with E-state index in [1.54, 1.807) is 25.4 Å². The fraction of sp³-hybridized carbons (Fsp3) is 0.240. The second kappa shape index (κ2) is 9.07. The van der Waals surface area contributed by atoms with E-state index in [0.717, 1.165) is 27.2 Å². The van der Waals surface area contributed by atoms with Gasteiger partial charge in [-0.2, -0.15) is 0 Å². The van der Waals surface area contributed by atoms with Crippen LogP contribution in [0.5, 0.6) is 0 Å². The van der Waals surface area contributed by atoms with Crippen LogP contribution >= 0.6 is 11.3 Å². The first-order chi connectivity index (χ1) is 15.8. The van der Waals surface area contributed by atoms with Gasteiger partial charge in [0.05, 0.1) is 35.8 Å². The van der Waals surface area contributed by atoms with E-state index in [4.69, 9.17) is 15.1 Å². The summed E-state index contributed by atoms with van der Waals surface area (Å²) < 4.78 is 6.93. The van der Waals surface area contributed by atoms with Gasteiger partial charge >= 0.3 is 5.97 Å². The highest BCUT2D eigenvalue weighted by Gasteiger charge is 2.24. The van der Waals surface area contributed by atoms with Crippen molar-refractivity contribution in [3.05, 3.63) is 71.1 Å². The molecule has 33 heavy (non-hydrogen) atoms. The maximum absolute atomic E-state index is 12.3. The lowest BCUT2D eigenvalue weighted by Gasteiger charge is -2.16. The summed E-state index contributed by atoms with van der Waals surface area (Å²) in [4.78, 5) is 34.9. The van der Waals surface area contributed by atoms with Crippen LogP contribution in [0.4, 0.5) is 0 Å². The molecule has 0 radical (unpaired) electrons. The number of ether oxygens (including phenoxy) is 1. The first-order valence-corrected chi connectivity index (χ1v) is 11.3. The van der Waals surface area contributed by atoms with Crippen LogP contribution in [0, 0.1) is 5.41 Å². The first kappa shape index (κ1) is 22.5. The SMILES string of the molecule is COC(=O)c1ccc(-c2cn([C@@H](C)c3ccccn3)c3cc(C(C(C)=N)C(C)=O)cnc23)s1. The largest absolute Gasteiger partial charge is 0.465 e. The van der Waals surface area contributed by atoms with E-state index in [0.29, 0.717) is 10.4 Å². The third kappa shape index (κ3) is 4.21. The number of Topliss-reactive ketones (excluding diaryl/α,β-unsaturated/α-hetero) is 1. The van der Waals surface area contributed by atoms with Crippen LogP contribution in [0.15, 0.2) is 55.0 Å². The van der Waals surface area contributed by atoms with Crippen molar-refractivity contribution >= 4 is 39.8 Å². The van der Waals surface area contributed by atoms with Gasteiger partial charge in [0.15, 0.2) is 0 Å². The van der Waals surface area contributed by atoms with Gasteiger partial charge in [0, 0.05) is 34.7 Å². The Hall–Kier alpha value is -3.65. The molecule has 0 saturated heterocycles. The summed E-state index contributed by atoms with van der Waals surface area (Å²) >= 11 is 1.34. The van der Waals surface area contributed by atoms with E-state index in [1.807, 2.05) is 36.5 Å². The highest BCUT2D eigenvalue weighted by molar-refractivity contribution is 7.17. The lowest BCUT2D eigenvalue weighted by Crippen LogP contribution is -2.17. The molecule has 4 rings (SSSR count). The van der Waals surface area contributed by atoms with E-state index in [9.17, 15) is 9.59 Å². The van der Waals surface area contributed by atoms with Gasteiger partial charge in [-0.3, -0.25) is 14.8 Å². The number of nitrogens with zero attached hydrogens (tertiary/aromatic N) is 3. The van der Waals surface area contributed by atoms with Crippen LogP contribution in [-0.2, 0) is 9.53 Å². The molecule has 2 atom stereocenters. The summed E-state index contributed by atoms with van der Waals surface area (Å²) in [7, 11) is 1.36. The summed E-state index contributed by atoms with van der Waals surface area (Å²) in [6.07, 6.45) is 5.43. The van der Waals surface area contributed by atoms with Gasteiger partial charge in [-0.15, -0.1) is 11.3 Å². The van der Waals surface area contributed by atoms with Gasteiger partial charge in [-0.25, -0.2) is 4.79 Å². The molecule has 7 nitrogen and oxygen atoms in total. The highest BCUT2D eigenvalue weighted by Crippen LogP contribution is 2.37. The van der Waals surface area contributed by atoms with Gasteiger partial charge in [0.2, 0.25) is 0 Å². The number of fused-ring (bicyclic) bond motifs is 1. The zero-order valence-corrected chi connectivity index (χ0v) is 19.6. The van der Waals surface area contributed by atoms with E-state index in [2.05, 4.69) is 16.5 Å². The Morgan fingerprint density at radius 1 is 1.15 bits per heavy atom. The Labute approximate surface area is 195 Å². The number of hydrogen-bond donors (Lipinski definition) is 1. The fourth-order valence-corrected chi connectivity index (χ4v) is 4.98. The lowest BCUT2D eigenvalue weighted by molar-refractivity contribution is -0.117. The molecule has 0 aliphatic carbocycles. The molecule has 1 unspecified atom stereocenters. The molecule has 4 heterocycles. The van der Waals surface area contributed by atoms with Crippen LogP contribution in [0.1, 0.15) is 53.7 Å². The van der Waals surface area contributed by atoms with Crippen LogP contribution in [0.3, 0.4) is 0 Å². The van der Waals surface area contributed by atoms with Crippen LogP contribution in [-0.4, -0.2) is 39.1 Å². The Balaban J connectivity index is 1.93. The molecule has 8 heteroatoms. The summed E-state index contributed by atoms with van der Waals surface area (Å²) in [5.41, 5.74) is 4.32. The Morgan fingerprint density at radius 3 is 2.58 bits per heavy atom. The Bertz CT molecular complexity index is 1340. The number of pyridine rings is 2. The van der Waals surface area contributed by atoms with Crippen molar-refractivity contribution in [3.63, 3.8) is 0 Å². The summed E-state index contributed by atoms with van der Waals surface area (Å²) in [5, 5.41) is 8.09. The first-order valence-electron chi connectivity index (χ1n) is 10.5. The molecule has 0 spiro atoms. The molecular formula is C25H24N4O3S. The van der Waals surface area contributed by atoms with Crippen molar-refractivity contribution < 1.29 is 14.3 Å². The number of carbonyl (C=O) groups excluding carboxylic acids is 2. The molecule has 0 bridgehead atoms. The van der Waals surface area contributed by atoms with Crippen molar-refractivity contribution in [2.45, 2.75) is 32.7 Å². The van der Waals surface area contributed by atoms with E-state index in [1.165, 1.54) is 25.4 Å². The second-order valence-corrected chi connectivity index (χ2v) is 8.98. The fourth-order valence-electron chi connectivity index (χ4n) is 4.05.